The summed E-state index contributed by atoms with van der Waals surface area (Å²) in [5, 5.41) is 0. The lowest BCUT2D eigenvalue weighted by Crippen LogP contribution is -1.91. The van der Waals surface area contributed by atoms with E-state index in [0.717, 1.165) is 38.0 Å². The largest absolute Gasteiger partial charge is 0.497 e. The van der Waals surface area contributed by atoms with Crippen molar-refractivity contribution in [2.45, 2.75) is 74.1 Å². The molecule has 0 radical (unpaired) electrons. The van der Waals surface area contributed by atoms with E-state index in [2.05, 4.69) is 31.2 Å². The molecule has 0 unspecified atom stereocenters. The summed E-state index contributed by atoms with van der Waals surface area (Å²) in [5.41, 5.74) is 2.71. The molecule has 0 amide bonds. The van der Waals surface area contributed by atoms with Crippen LogP contribution in [0.2, 0.25) is 0 Å². The van der Waals surface area contributed by atoms with Gasteiger partial charge in [0.15, 0.2) is 0 Å². The van der Waals surface area contributed by atoms with E-state index in [1.807, 2.05) is 47.6 Å². The summed E-state index contributed by atoms with van der Waals surface area (Å²) < 4.78 is 10.3. The highest BCUT2D eigenvalue weighted by Crippen LogP contribution is 2.18. The number of hydrogen-bond donors (Lipinski definition) is 0. The van der Waals surface area contributed by atoms with Crippen molar-refractivity contribution in [3.8, 4) is 5.75 Å². The molecule has 0 aliphatic rings. The average Bonchev–Trinajstić information content (AvgIpc) is 2.67. The Morgan fingerprint density at radius 3 is 2.00 bits per heavy atom. The number of ether oxygens (including phenoxy) is 2. The van der Waals surface area contributed by atoms with Gasteiger partial charge in [0.1, 0.15) is 5.75 Å². The second-order valence-electron chi connectivity index (χ2n) is 4.44. The topological polar surface area (TPSA) is 18.5 Å². The molecule has 0 atom stereocenters. The van der Waals surface area contributed by atoms with Gasteiger partial charge >= 0.3 is 0 Å². The van der Waals surface area contributed by atoms with E-state index in [1.165, 1.54) is 11.1 Å². The minimum Gasteiger partial charge on any atom is -0.497 e. The lowest BCUT2D eigenvalue weighted by molar-refractivity contribution is 0.196. The molecular formula is C22H42O2. The van der Waals surface area contributed by atoms with Crippen molar-refractivity contribution in [2.75, 3.05) is 20.8 Å². The number of aryl methyl sites for hydroxylation is 2. The summed E-state index contributed by atoms with van der Waals surface area (Å²) in [6.07, 6.45) is 8.87. The summed E-state index contributed by atoms with van der Waals surface area (Å²) in [6.45, 7) is 15.0. The second-order valence-corrected chi connectivity index (χ2v) is 4.44. The molecule has 0 N–H and O–H groups in total. The first-order chi connectivity index (χ1) is 11.8. The molecule has 0 saturated heterocycles. The van der Waals surface area contributed by atoms with E-state index >= 15 is 0 Å². The van der Waals surface area contributed by atoms with Gasteiger partial charge in [-0.1, -0.05) is 59.8 Å². The van der Waals surface area contributed by atoms with Gasteiger partial charge in [-0.25, -0.2) is 0 Å². The molecular weight excluding hydrogens is 296 g/mol. The van der Waals surface area contributed by atoms with Crippen LogP contribution in [0.5, 0.6) is 5.75 Å². The van der Waals surface area contributed by atoms with Crippen molar-refractivity contribution in [3.05, 3.63) is 41.5 Å². The Kier molecular flexibility index (Phi) is 27.5. The van der Waals surface area contributed by atoms with Crippen molar-refractivity contribution < 1.29 is 9.47 Å². The normalized spacial score (nSPS) is 9.04. The van der Waals surface area contributed by atoms with Crippen LogP contribution in [0.25, 0.3) is 0 Å². The Hall–Kier alpha value is -1.28. The molecule has 24 heavy (non-hydrogen) atoms. The fraction of sp³-hybridized carbons (Fsp3) is 0.636. The molecule has 1 aromatic carbocycles. The maximum Gasteiger partial charge on any atom is 0.119 e. The summed E-state index contributed by atoms with van der Waals surface area (Å²) in [4.78, 5) is 0. The molecule has 0 bridgehead atoms. The Morgan fingerprint density at radius 2 is 1.46 bits per heavy atom. The third-order valence-corrected chi connectivity index (χ3v) is 3.02. The minimum atomic E-state index is 0.847. The zero-order valence-corrected chi connectivity index (χ0v) is 17.7. The fourth-order valence-electron chi connectivity index (χ4n) is 1.86. The number of hydrogen-bond acceptors (Lipinski definition) is 2. The van der Waals surface area contributed by atoms with E-state index in [1.54, 1.807) is 14.2 Å². The molecule has 0 spiro atoms. The molecule has 0 saturated carbocycles. The molecule has 0 heterocycles. The van der Waals surface area contributed by atoms with Gasteiger partial charge in [0.25, 0.3) is 0 Å². The van der Waals surface area contributed by atoms with Gasteiger partial charge in [-0.3, -0.25) is 0 Å². The zero-order chi connectivity index (χ0) is 19.2. The van der Waals surface area contributed by atoms with Crippen LogP contribution < -0.4 is 4.74 Å². The van der Waals surface area contributed by atoms with Crippen LogP contribution in [0.15, 0.2) is 30.4 Å². The van der Waals surface area contributed by atoms with Gasteiger partial charge < -0.3 is 9.47 Å². The average molecular weight is 339 g/mol. The molecule has 0 aromatic heterocycles. The lowest BCUT2D eigenvalue weighted by atomic mass is 10.0. The van der Waals surface area contributed by atoms with Crippen LogP contribution in [0.3, 0.4) is 0 Å². The molecule has 2 nitrogen and oxygen atoms in total. The van der Waals surface area contributed by atoms with Crippen molar-refractivity contribution in [3.63, 3.8) is 0 Å². The van der Waals surface area contributed by atoms with Gasteiger partial charge in [-0.2, -0.15) is 0 Å². The molecule has 1 rings (SSSR count). The van der Waals surface area contributed by atoms with Crippen molar-refractivity contribution in [2.24, 2.45) is 0 Å². The van der Waals surface area contributed by atoms with Crippen LogP contribution in [0.1, 0.15) is 71.9 Å². The molecule has 1 aromatic rings. The van der Waals surface area contributed by atoms with Gasteiger partial charge in [0.05, 0.1) is 7.11 Å². The number of allylic oxidation sites excluding steroid dienone is 2. The monoisotopic (exact) mass is 338 g/mol. The highest BCUT2D eigenvalue weighted by molar-refractivity contribution is 5.35. The Bertz CT molecular complexity index is 370. The number of unbranched alkanes of at least 4 members (excludes halogenated alkanes) is 1. The van der Waals surface area contributed by atoms with Crippen molar-refractivity contribution in [1.29, 1.82) is 0 Å². The van der Waals surface area contributed by atoms with Crippen LogP contribution in [-0.2, 0) is 11.2 Å². The Morgan fingerprint density at radius 1 is 0.875 bits per heavy atom. The van der Waals surface area contributed by atoms with Gasteiger partial charge in [0, 0.05) is 13.7 Å². The number of rotatable bonds is 8. The highest BCUT2D eigenvalue weighted by Gasteiger charge is 1.99. The van der Waals surface area contributed by atoms with Crippen LogP contribution in [0, 0.1) is 6.92 Å². The molecule has 142 valence electrons. The first-order valence-corrected chi connectivity index (χ1v) is 9.55. The summed E-state index contributed by atoms with van der Waals surface area (Å²) >= 11 is 0. The predicted octanol–water partition coefficient (Wildman–Crippen LogP) is 7.00. The third-order valence-electron chi connectivity index (χ3n) is 3.02. The van der Waals surface area contributed by atoms with Gasteiger partial charge in [-0.05, 0) is 55.9 Å². The molecule has 0 aliphatic carbocycles. The maximum absolute atomic E-state index is 5.25. The Balaban J connectivity index is -0.000000659. The quantitative estimate of drug-likeness (QED) is 0.375. The standard InChI is InChI=1S/C16H24O2.3C2H6/c1-14-10-11-16(18-3)13-15(14)9-7-5-4-6-8-12-17-2;3*1-2/h4-5,10-11,13H,6-9,12H2,1-3H3;3*1-2H3/b5-4+;;;. The maximum atomic E-state index is 5.25. The summed E-state index contributed by atoms with van der Waals surface area (Å²) in [7, 11) is 3.46. The van der Waals surface area contributed by atoms with E-state index < -0.39 is 0 Å². The summed E-state index contributed by atoms with van der Waals surface area (Å²) in [5.74, 6) is 0.944. The first kappa shape index (κ1) is 27.6. The predicted molar refractivity (Wildman–Crippen MR) is 110 cm³/mol. The number of methoxy groups -OCH3 is 2. The van der Waals surface area contributed by atoms with Gasteiger partial charge in [0.2, 0.25) is 0 Å². The SMILES string of the molecule is CC.CC.CC.COCCC/C=C/CCc1cc(OC)ccc1C. The third kappa shape index (κ3) is 15.6. The number of benzene rings is 1. The molecule has 0 fully saturated rings. The highest BCUT2D eigenvalue weighted by atomic mass is 16.5. The van der Waals surface area contributed by atoms with Gasteiger partial charge in [-0.15, -0.1) is 0 Å². The van der Waals surface area contributed by atoms with Crippen LogP contribution in [0.4, 0.5) is 0 Å². The summed E-state index contributed by atoms with van der Waals surface area (Å²) in [6, 6.07) is 6.27. The fourth-order valence-corrected chi connectivity index (χ4v) is 1.86. The zero-order valence-electron chi connectivity index (χ0n) is 17.7. The molecule has 0 aliphatic heterocycles. The lowest BCUT2D eigenvalue weighted by Gasteiger charge is -2.07. The minimum absolute atomic E-state index is 0.847. The van der Waals surface area contributed by atoms with Crippen molar-refractivity contribution in [1.82, 2.24) is 0 Å². The Labute approximate surface area is 152 Å². The van der Waals surface area contributed by atoms with E-state index in [0.29, 0.717) is 0 Å². The first-order valence-electron chi connectivity index (χ1n) is 9.55. The van der Waals surface area contributed by atoms with E-state index in [-0.39, 0.29) is 0 Å². The molecule has 2 heteroatoms. The smallest absolute Gasteiger partial charge is 0.119 e. The van der Waals surface area contributed by atoms with Crippen molar-refractivity contribution >= 4 is 0 Å². The van der Waals surface area contributed by atoms with Crippen LogP contribution in [-0.4, -0.2) is 20.8 Å². The van der Waals surface area contributed by atoms with Crippen LogP contribution >= 0.6 is 0 Å². The van der Waals surface area contributed by atoms with E-state index in [4.69, 9.17) is 9.47 Å². The second kappa shape index (κ2) is 24.0. The van der Waals surface area contributed by atoms with E-state index in [9.17, 15) is 0 Å².